The zero-order valence-electron chi connectivity index (χ0n) is 44.8. The fourth-order valence-electron chi connectivity index (χ4n) is 5.02. The smallest absolute Gasteiger partial charge is 0.383 e. The zero-order chi connectivity index (χ0) is 52.9. The number of halogens is 5. The lowest BCUT2D eigenvalue weighted by atomic mass is 10.00. The van der Waals surface area contributed by atoms with Crippen molar-refractivity contribution in [2.45, 2.75) is 55.7 Å². The highest BCUT2D eigenvalue weighted by molar-refractivity contribution is 7.98. The van der Waals surface area contributed by atoms with E-state index in [2.05, 4.69) is 0 Å². The molecule has 1 aliphatic rings. The maximum Gasteiger partial charge on any atom is 0.416 e. The Hall–Kier alpha value is -4.52. The van der Waals surface area contributed by atoms with Gasteiger partial charge in [0.05, 0.1) is 32.3 Å². The molecule has 0 N–H and O–H groups in total. The van der Waals surface area contributed by atoms with Crippen molar-refractivity contribution in [2.24, 2.45) is 0 Å². The first kappa shape index (κ1) is 22.0. The fraction of sp³-hybridized carbons (Fsp3) is 0.317. The number of fused-ring (bicyclic) bond motifs is 1. The van der Waals surface area contributed by atoms with Crippen molar-refractivity contribution in [1.82, 2.24) is 14.4 Å². The van der Waals surface area contributed by atoms with Crippen LogP contribution in [0, 0.1) is 18.6 Å². The van der Waals surface area contributed by atoms with Crippen LogP contribution in [0.25, 0.3) is 22.0 Å². The third-order valence-electron chi connectivity index (χ3n) is 7.65. The molecule has 0 atom stereocenters. The fourth-order valence-corrected chi connectivity index (χ4v) is 6.02. The Bertz CT molecular complexity index is 2910. The SMILES string of the molecule is [2H]c1c(C)c([2H])c2c(=O)c([2H])c(SCc3cccc(F)c3F)n(CC(=O)N(C([2H])([2H])c3ccc(-c4ccc(C(F)(F)F)cc4)cc3)C3([2H])C([2H])([2H])C([2H])([2H])N(C([2H])([2H])COC)C([2H])([2H])C3([2H])[2H])c2c1[2H]. The number of benzene rings is 4. The first-order valence-corrected chi connectivity index (χ1v) is 16.6. The predicted octanol–water partition coefficient (Wildman–Crippen LogP) is 8.71. The summed E-state index contributed by atoms with van der Waals surface area (Å²) in [5.74, 6) is -5.31. The molecule has 6 rings (SSSR count). The number of nitrogens with zero attached hydrogens (tertiary/aromatic N) is 3. The highest BCUT2D eigenvalue weighted by Gasteiger charge is 2.31. The first-order chi connectivity index (χ1) is 32.0. The summed E-state index contributed by atoms with van der Waals surface area (Å²) in [5, 5.41) is -1.47. The number of hydrogen-bond acceptors (Lipinski definition) is 5. The number of ether oxygens (including phenoxy) is 1. The summed E-state index contributed by atoms with van der Waals surface area (Å²) < 4.78 is 229. The molecule has 0 unspecified atom stereocenters. The van der Waals surface area contributed by atoms with Crippen molar-refractivity contribution < 1.29 is 54.8 Å². The van der Waals surface area contributed by atoms with Crippen LogP contribution in [0.2, 0.25) is 0 Å². The van der Waals surface area contributed by atoms with Crippen LogP contribution in [0.3, 0.4) is 0 Å². The molecule has 1 aromatic heterocycles. The second-order valence-electron chi connectivity index (χ2n) is 11.3. The summed E-state index contributed by atoms with van der Waals surface area (Å²) in [4.78, 5) is 28.4. The summed E-state index contributed by atoms with van der Waals surface area (Å²) >= 11 is 0.365. The maximum absolute atomic E-state index is 15.5. The molecule has 0 aliphatic carbocycles. The largest absolute Gasteiger partial charge is 0.416 e. The first-order valence-electron chi connectivity index (χ1n) is 24.1. The number of hydrogen-bond donors (Lipinski definition) is 0. The predicted molar refractivity (Wildman–Crippen MR) is 198 cm³/mol. The number of alkyl halides is 3. The minimum atomic E-state index is -4.71. The summed E-state index contributed by atoms with van der Waals surface area (Å²) in [6, 6.07) is 2.75. The molecule has 12 heteroatoms. The number of carbonyl (C=O) groups is 1. The lowest BCUT2D eigenvalue weighted by Gasteiger charge is -2.39. The number of rotatable bonds is 12. The van der Waals surface area contributed by atoms with Crippen LogP contribution >= 0.6 is 11.8 Å². The number of aromatic nitrogens is 1. The van der Waals surface area contributed by atoms with Gasteiger partial charge < -0.3 is 19.1 Å². The van der Waals surface area contributed by atoms with E-state index in [-0.39, 0.29) is 22.3 Å². The van der Waals surface area contributed by atoms with Gasteiger partial charge in [-0.3, -0.25) is 9.59 Å². The average Bonchev–Trinajstić information content (AvgIpc) is 3.25. The van der Waals surface area contributed by atoms with Crippen molar-refractivity contribution in [2.75, 3.05) is 33.2 Å². The summed E-state index contributed by atoms with van der Waals surface area (Å²) in [6.07, 6.45) is -13.6. The molecule has 6 nitrogen and oxygen atoms in total. The van der Waals surface area contributed by atoms with E-state index in [9.17, 15) is 36.3 Å². The molecule has 53 heavy (non-hydrogen) atoms. The second-order valence-corrected chi connectivity index (χ2v) is 12.3. The molecule has 0 radical (unpaired) electrons. The molecule has 0 spiro atoms. The van der Waals surface area contributed by atoms with E-state index in [1.807, 2.05) is 0 Å². The van der Waals surface area contributed by atoms with E-state index in [4.69, 9.17) is 18.4 Å². The summed E-state index contributed by atoms with van der Waals surface area (Å²) in [5.41, 5.74) is -4.21. The van der Waals surface area contributed by atoms with Gasteiger partial charge in [0.2, 0.25) is 5.91 Å². The minimum absolute atomic E-state index is 0.119. The van der Waals surface area contributed by atoms with E-state index in [1.165, 1.54) is 6.92 Å². The van der Waals surface area contributed by atoms with Gasteiger partial charge in [0.15, 0.2) is 17.1 Å². The van der Waals surface area contributed by atoms with Gasteiger partial charge in [0.25, 0.3) is 0 Å². The van der Waals surface area contributed by atoms with E-state index in [0.29, 0.717) is 16.3 Å². The van der Waals surface area contributed by atoms with Gasteiger partial charge in [-0.1, -0.05) is 60.1 Å². The Morgan fingerprint density at radius 2 is 1.72 bits per heavy atom. The number of thioether (sulfide) groups is 1. The van der Waals surface area contributed by atoms with Crippen LogP contribution in [0.15, 0.2) is 101 Å². The van der Waals surface area contributed by atoms with Gasteiger partial charge in [-0.15, -0.1) is 11.8 Å². The highest BCUT2D eigenvalue weighted by atomic mass is 32.2. The summed E-state index contributed by atoms with van der Waals surface area (Å²) in [6.45, 7) is -17.4. The lowest BCUT2D eigenvalue weighted by Crippen LogP contribution is -2.48. The zero-order valence-corrected chi connectivity index (χ0v) is 28.7. The molecule has 5 aromatic rings. The Morgan fingerprint density at radius 3 is 2.38 bits per heavy atom. The normalized spacial score (nSPS) is 23.8. The van der Waals surface area contributed by atoms with Crippen molar-refractivity contribution >= 4 is 28.6 Å². The quantitative estimate of drug-likeness (QED) is 0.0940. The number of likely N-dealkylation sites (tertiary alicyclic amines) is 1. The summed E-state index contributed by atoms with van der Waals surface area (Å²) in [7, 11) is 0.907. The number of pyridine rings is 1. The molecular formula is C41H40F5N3O3S. The van der Waals surface area contributed by atoms with Crippen LogP contribution in [0.1, 0.15) is 58.3 Å². The third-order valence-corrected chi connectivity index (χ3v) is 8.70. The van der Waals surface area contributed by atoms with Gasteiger partial charge in [-0.05, 0) is 66.6 Å². The second kappa shape index (κ2) is 16.7. The third kappa shape index (κ3) is 9.17. The van der Waals surface area contributed by atoms with Crippen LogP contribution in [0.5, 0.6) is 0 Å². The van der Waals surface area contributed by atoms with Gasteiger partial charge in [0.1, 0.15) is 6.54 Å². The molecule has 0 bridgehead atoms. The van der Waals surface area contributed by atoms with E-state index in [1.54, 1.807) is 0 Å². The molecular weight excluding hydrogens is 710 g/mol. The van der Waals surface area contributed by atoms with E-state index >= 15 is 4.79 Å². The molecule has 278 valence electrons. The van der Waals surface area contributed by atoms with E-state index in [0.717, 1.165) is 73.8 Å². The molecule has 2 heterocycles. The maximum atomic E-state index is 15.5. The lowest BCUT2D eigenvalue weighted by molar-refractivity contribution is -0.137. The standard InChI is InChI=1S/C41H40F5N3O3S/c1-27-6-15-36-34(22-27)37(50)23-39(53-26-31-4-3-5-35(42)40(31)43)49(36)25-38(51)48(33-16-18-47(19-17-33)20-21-52-2)24-28-7-9-29(10-8-28)30-11-13-32(14-12-30)41(44,45)46/h3-15,22-23,33H,16-21,24-26H2,1-2H3/i6D,15D,16D2,17D2,18D2,19D2,20D2,22D,23D,24D2,33D. The van der Waals surface area contributed by atoms with Crippen molar-refractivity contribution in [3.8, 4) is 11.1 Å². The molecule has 1 amide bonds. The Kier molecular flexibility index (Phi) is 6.91. The van der Waals surface area contributed by atoms with Crippen LogP contribution < -0.4 is 5.43 Å². The van der Waals surface area contributed by atoms with Crippen molar-refractivity contribution in [3.05, 3.63) is 135 Å². The number of methoxy groups -OCH3 is 1. The van der Waals surface area contributed by atoms with Crippen molar-refractivity contribution in [3.63, 3.8) is 0 Å². The van der Waals surface area contributed by atoms with Crippen LogP contribution in [-0.4, -0.2) is 59.5 Å². The number of carbonyl (C=O) groups excluding carboxylic acids is 1. The Balaban J connectivity index is 1.66. The van der Waals surface area contributed by atoms with Crippen LogP contribution in [-0.2, 0) is 34.5 Å². The van der Waals surface area contributed by atoms with E-state index < -0.39 is 154 Å². The average molecular weight is 767 g/mol. The van der Waals surface area contributed by atoms with Crippen LogP contribution in [0.4, 0.5) is 22.0 Å². The van der Waals surface area contributed by atoms with Crippen molar-refractivity contribution in [1.29, 1.82) is 0 Å². The molecule has 1 aliphatic heterocycles. The Morgan fingerprint density at radius 1 is 1.04 bits per heavy atom. The number of piperidine rings is 1. The molecule has 1 saturated heterocycles. The van der Waals surface area contributed by atoms with Gasteiger partial charge >= 0.3 is 6.18 Å². The molecule has 1 fully saturated rings. The number of amides is 1. The highest BCUT2D eigenvalue weighted by Crippen LogP contribution is 2.32. The monoisotopic (exact) mass is 766 g/mol. The molecule has 0 saturated carbocycles. The van der Waals surface area contributed by atoms with Gasteiger partial charge in [0, 0.05) is 75.6 Å². The topological polar surface area (TPSA) is 54.8 Å². The Labute approximate surface area is 333 Å². The van der Waals surface area contributed by atoms with Gasteiger partial charge in [-0.25, -0.2) is 8.78 Å². The minimum Gasteiger partial charge on any atom is -0.383 e. The van der Waals surface area contributed by atoms with Gasteiger partial charge in [-0.2, -0.15) is 13.2 Å². The molecule has 4 aromatic carbocycles.